The number of benzene rings is 1. The van der Waals surface area contributed by atoms with E-state index in [1.54, 1.807) is 0 Å². The van der Waals surface area contributed by atoms with E-state index >= 15 is 0 Å². The fourth-order valence-electron chi connectivity index (χ4n) is 2.24. The van der Waals surface area contributed by atoms with E-state index in [1.807, 2.05) is 24.3 Å². The molecule has 1 heterocycles. The van der Waals surface area contributed by atoms with Crippen molar-refractivity contribution in [2.24, 2.45) is 10.9 Å². The maximum atomic E-state index is 6.25. The molecule has 0 bridgehead atoms. The maximum Gasteiger partial charge on any atom is 0.0811 e. The smallest absolute Gasteiger partial charge is 0.0811 e. The zero-order valence-corrected chi connectivity index (χ0v) is 11.2. The molecule has 1 nitrogen and oxygen atoms in total. The summed E-state index contributed by atoms with van der Waals surface area (Å²) in [6.07, 6.45) is 8.04. The van der Waals surface area contributed by atoms with Crippen LogP contribution in [-0.2, 0) is 0 Å². The van der Waals surface area contributed by atoms with E-state index in [-0.39, 0.29) is 0 Å². The van der Waals surface area contributed by atoms with Gasteiger partial charge in [0.1, 0.15) is 0 Å². The summed E-state index contributed by atoms with van der Waals surface area (Å²) in [5.74, 6) is 0.702. The summed E-state index contributed by atoms with van der Waals surface area (Å²) in [5, 5.41) is 0.786. The minimum atomic E-state index is 0.702. The summed E-state index contributed by atoms with van der Waals surface area (Å²) >= 11 is 6.25. The van der Waals surface area contributed by atoms with Crippen LogP contribution in [-0.4, -0.2) is 5.71 Å². The molecule has 1 aromatic rings. The van der Waals surface area contributed by atoms with Crippen LogP contribution in [0.5, 0.6) is 0 Å². The molecule has 1 fully saturated rings. The van der Waals surface area contributed by atoms with Crippen LogP contribution in [0.4, 0.5) is 0 Å². The molecular formula is C16H16ClN. The lowest BCUT2D eigenvalue weighted by molar-refractivity contribution is 0.946. The molecule has 18 heavy (non-hydrogen) atoms. The van der Waals surface area contributed by atoms with Crippen LogP contribution in [0.1, 0.15) is 31.7 Å². The minimum Gasteiger partial charge on any atom is -0.251 e. The number of nitrogens with zero attached hydrogens (tertiary/aromatic N) is 1. The first kappa shape index (κ1) is 11.7. The summed E-state index contributed by atoms with van der Waals surface area (Å²) in [4.78, 5) is 4.71. The molecule has 0 aromatic heterocycles. The predicted octanol–water partition coefficient (Wildman–Crippen LogP) is 4.77. The van der Waals surface area contributed by atoms with Crippen LogP contribution in [0.15, 0.2) is 52.7 Å². The monoisotopic (exact) mass is 257 g/mol. The number of hydrogen-bond acceptors (Lipinski definition) is 1. The van der Waals surface area contributed by atoms with Crippen LogP contribution in [0.3, 0.4) is 0 Å². The van der Waals surface area contributed by atoms with Crippen LogP contribution >= 0.6 is 11.6 Å². The van der Waals surface area contributed by atoms with E-state index in [0.29, 0.717) is 5.92 Å². The van der Waals surface area contributed by atoms with Crippen LogP contribution in [0.25, 0.3) is 0 Å². The van der Waals surface area contributed by atoms with Gasteiger partial charge in [0, 0.05) is 22.1 Å². The van der Waals surface area contributed by atoms with Crippen molar-refractivity contribution in [1.82, 2.24) is 0 Å². The third-order valence-corrected chi connectivity index (χ3v) is 3.71. The summed E-state index contributed by atoms with van der Waals surface area (Å²) < 4.78 is 0. The van der Waals surface area contributed by atoms with Crippen molar-refractivity contribution in [2.45, 2.75) is 26.2 Å². The normalized spacial score (nSPS) is 19.1. The standard InChI is InChI=1S/C16H16ClN/c1-2-3-6-13-15(11-9-10-11)18-16(13)12-7-4-5-8-14(12)17/h3-8,11H,2,9-10H2,1H3/b6-3+. The van der Waals surface area contributed by atoms with Gasteiger partial charge in [0.2, 0.25) is 0 Å². The molecule has 0 atom stereocenters. The average molecular weight is 258 g/mol. The van der Waals surface area contributed by atoms with Crippen molar-refractivity contribution in [3.63, 3.8) is 0 Å². The third-order valence-electron chi connectivity index (χ3n) is 3.38. The second-order valence-electron chi connectivity index (χ2n) is 4.82. The lowest BCUT2D eigenvalue weighted by Gasteiger charge is -2.22. The quantitative estimate of drug-likeness (QED) is 0.737. The predicted molar refractivity (Wildman–Crippen MR) is 77.2 cm³/mol. The van der Waals surface area contributed by atoms with Gasteiger partial charge in [-0.3, -0.25) is 4.99 Å². The Morgan fingerprint density at radius 2 is 2.11 bits per heavy atom. The number of rotatable bonds is 4. The summed E-state index contributed by atoms with van der Waals surface area (Å²) in [7, 11) is 0. The van der Waals surface area contributed by atoms with Gasteiger partial charge >= 0.3 is 0 Å². The molecule has 0 spiro atoms. The minimum absolute atomic E-state index is 0.702. The molecule has 3 rings (SSSR count). The lowest BCUT2D eigenvalue weighted by Crippen LogP contribution is -2.16. The Balaban J connectivity index is 1.93. The largest absolute Gasteiger partial charge is 0.251 e. The fraction of sp³-hybridized carbons (Fsp3) is 0.312. The Bertz CT molecular complexity index is 562. The zero-order chi connectivity index (χ0) is 12.5. The Kier molecular flexibility index (Phi) is 3.09. The van der Waals surface area contributed by atoms with E-state index in [2.05, 4.69) is 19.1 Å². The Hall–Kier alpha value is -1.34. The molecule has 0 amide bonds. The first-order valence-corrected chi connectivity index (χ1v) is 6.93. The van der Waals surface area contributed by atoms with E-state index in [1.165, 1.54) is 24.1 Å². The highest BCUT2D eigenvalue weighted by Gasteiger charge is 2.34. The van der Waals surface area contributed by atoms with Crippen LogP contribution in [0, 0.1) is 5.92 Å². The molecule has 1 aromatic carbocycles. The van der Waals surface area contributed by atoms with Crippen LogP contribution < -0.4 is 0 Å². The molecule has 1 aliphatic heterocycles. The molecular weight excluding hydrogens is 242 g/mol. The molecule has 2 aliphatic rings. The molecule has 2 heteroatoms. The van der Waals surface area contributed by atoms with Gasteiger partial charge in [0.25, 0.3) is 0 Å². The van der Waals surface area contributed by atoms with E-state index in [4.69, 9.17) is 16.6 Å². The number of allylic oxidation sites excluding steroid dienone is 4. The van der Waals surface area contributed by atoms with Gasteiger partial charge in [-0.2, -0.15) is 0 Å². The second kappa shape index (κ2) is 4.74. The van der Waals surface area contributed by atoms with E-state index < -0.39 is 0 Å². The van der Waals surface area contributed by atoms with Crippen molar-refractivity contribution < 1.29 is 0 Å². The highest BCUT2D eigenvalue weighted by molar-refractivity contribution is 6.36. The highest BCUT2D eigenvalue weighted by Crippen LogP contribution is 2.44. The number of halogens is 1. The van der Waals surface area contributed by atoms with Gasteiger partial charge in [-0.25, -0.2) is 0 Å². The zero-order valence-electron chi connectivity index (χ0n) is 10.5. The Morgan fingerprint density at radius 3 is 2.78 bits per heavy atom. The molecule has 92 valence electrons. The third kappa shape index (κ3) is 2.04. The average Bonchev–Trinajstić information content (AvgIpc) is 3.15. The first-order chi connectivity index (χ1) is 8.81. The van der Waals surface area contributed by atoms with E-state index in [0.717, 1.165) is 22.7 Å². The van der Waals surface area contributed by atoms with Crippen molar-refractivity contribution in [3.8, 4) is 0 Å². The van der Waals surface area contributed by atoms with Gasteiger partial charge in [-0.05, 0) is 25.3 Å². The second-order valence-corrected chi connectivity index (χ2v) is 5.23. The van der Waals surface area contributed by atoms with Gasteiger partial charge in [0.05, 0.1) is 11.4 Å². The first-order valence-electron chi connectivity index (χ1n) is 6.56. The molecule has 0 radical (unpaired) electrons. The van der Waals surface area contributed by atoms with Gasteiger partial charge < -0.3 is 0 Å². The number of aliphatic imine (C=N–C) groups is 1. The van der Waals surface area contributed by atoms with Crippen LogP contribution in [0.2, 0.25) is 5.02 Å². The fourth-order valence-corrected chi connectivity index (χ4v) is 2.46. The van der Waals surface area contributed by atoms with Gasteiger partial charge in [-0.1, -0.05) is 48.9 Å². The SMILES string of the molecule is CC/C=C/C1=C(C2CC2)N=C1c1ccccc1Cl. The molecule has 0 unspecified atom stereocenters. The molecule has 1 saturated carbocycles. The van der Waals surface area contributed by atoms with Crippen molar-refractivity contribution >= 4 is 17.3 Å². The summed E-state index contributed by atoms with van der Waals surface area (Å²) in [6.45, 7) is 2.15. The molecule has 0 N–H and O–H groups in total. The Labute approximate surface area is 113 Å². The highest BCUT2D eigenvalue weighted by atomic mass is 35.5. The Morgan fingerprint density at radius 1 is 1.33 bits per heavy atom. The molecule has 0 saturated heterocycles. The van der Waals surface area contributed by atoms with Crippen molar-refractivity contribution in [2.75, 3.05) is 0 Å². The van der Waals surface area contributed by atoms with Crippen molar-refractivity contribution in [3.05, 3.63) is 58.3 Å². The maximum absolute atomic E-state index is 6.25. The van der Waals surface area contributed by atoms with E-state index in [9.17, 15) is 0 Å². The molecule has 1 aliphatic carbocycles. The lowest BCUT2D eigenvalue weighted by atomic mass is 9.93. The number of hydrogen-bond donors (Lipinski definition) is 0. The van der Waals surface area contributed by atoms with Crippen molar-refractivity contribution in [1.29, 1.82) is 0 Å². The summed E-state index contributed by atoms with van der Waals surface area (Å²) in [6, 6.07) is 7.94. The topological polar surface area (TPSA) is 12.4 Å². The van der Waals surface area contributed by atoms with Gasteiger partial charge in [0.15, 0.2) is 0 Å². The van der Waals surface area contributed by atoms with Gasteiger partial charge in [-0.15, -0.1) is 0 Å². The summed E-state index contributed by atoms with van der Waals surface area (Å²) in [5.41, 5.74) is 4.70.